The Bertz CT molecular complexity index is 662. The van der Waals surface area contributed by atoms with E-state index in [1.165, 1.54) is 16.7 Å². The Hall–Kier alpha value is -1.55. The van der Waals surface area contributed by atoms with Crippen molar-refractivity contribution in [3.63, 3.8) is 0 Å². The lowest BCUT2D eigenvalue weighted by Gasteiger charge is -2.52. The quantitative estimate of drug-likeness (QED) is 0.844. The highest BCUT2D eigenvalue weighted by atomic mass is 16.6. The Morgan fingerprint density at radius 1 is 1.23 bits per heavy atom. The number of rotatable bonds is 2. The van der Waals surface area contributed by atoms with Gasteiger partial charge in [0.2, 0.25) is 0 Å². The molecule has 2 aliphatic rings. The molecule has 0 saturated carbocycles. The zero-order chi connectivity index (χ0) is 19.1. The van der Waals surface area contributed by atoms with Crippen molar-refractivity contribution in [2.24, 2.45) is 0 Å². The highest BCUT2D eigenvalue weighted by Crippen LogP contribution is 2.41. The summed E-state index contributed by atoms with van der Waals surface area (Å²) < 4.78 is 5.64. The molecule has 2 aliphatic heterocycles. The molecule has 0 aliphatic carbocycles. The Balaban J connectivity index is 1.78. The van der Waals surface area contributed by atoms with Gasteiger partial charge in [-0.1, -0.05) is 18.2 Å². The van der Waals surface area contributed by atoms with Gasteiger partial charge < -0.3 is 14.7 Å². The number of amides is 1. The first-order valence-electron chi connectivity index (χ1n) is 9.87. The fourth-order valence-electron chi connectivity index (χ4n) is 4.64. The van der Waals surface area contributed by atoms with Crippen molar-refractivity contribution in [1.82, 2.24) is 4.90 Å². The molecule has 2 fully saturated rings. The molecule has 26 heavy (non-hydrogen) atoms. The van der Waals surface area contributed by atoms with Gasteiger partial charge in [0.15, 0.2) is 0 Å². The van der Waals surface area contributed by atoms with Crippen molar-refractivity contribution in [3.8, 4) is 0 Å². The van der Waals surface area contributed by atoms with Crippen LogP contribution in [0.4, 0.5) is 4.79 Å². The fourth-order valence-corrected chi connectivity index (χ4v) is 4.64. The molecule has 2 atom stereocenters. The van der Waals surface area contributed by atoms with Gasteiger partial charge in [0.1, 0.15) is 5.60 Å². The number of ether oxygens (including phenoxy) is 1. The number of hydrogen-bond donors (Lipinski definition) is 1. The van der Waals surface area contributed by atoms with Gasteiger partial charge in [-0.25, -0.2) is 4.79 Å². The molecule has 4 heteroatoms. The summed E-state index contributed by atoms with van der Waals surface area (Å²) in [6.45, 7) is 9.96. The zero-order valence-electron chi connectivity index (χ0n) is 16.8. The van der Waals surface area contributed by atoms with Crippen LogP contribution in [0, 0.1) is 13.8 Å². The first kappa shape index (κ1) is 19.2. The van der Waals surface area contributed by atoms with Gasteiger partial charge >= 0.3 is 6.09 Å². The Labute approximate surface area is 157 Å². The third-order valence-electron chi connectivity index (χ3n) is 5.93. The standard InChI is InChI=1S/C22H33NO3/c1-15-8-6-9-17(16(15)2)12-22(25)13-18-10-7-11-19(14-22)23(18)20(24)26-21(3,4)5/h6,8-9,18-19,25H,7,10-14H2,1-5H3. The zero-order valence-corrected chi connectivity index (χ0v) is 16.8. The van der Waals surface area contributed by atoms with Crippen LogP contribution in [-0.2, 0) is 11.2 Å². The topological polar surface area (TPSA) is 49.8 Å². The lowest BCUT2D eigenvalue weighted by molar-refractivity contribution is -0.0919. The van der Waals surface area contributed by atoms with Gasteiger partial charge in [0.25, 0.3) is 0 Å². The average Bonchev–Trinajstić information content (AvgIpc) is 2.49. The van der Waals surface area contributed by atoms with Gasteiger partial charge in [-0.05, 0) is 83.4 Å². The van der Waals surface area contributed by atoms with Crippen molar-refractivity contribution in [3.05, 3.63) is 34.9 Å². The van der Waals surface area contributed by atoms with Gasteiger partial charge in [-0.15, -0.1) is 0 Å². The van der Waals surface area contributed by atoms with E-state index in [4.69, 9.17) is 4.74 Å². The van der Waals surface area contributed by atoms with E-state index in [9.17, 15) is 9.90 Å². The van der Waals surface area contributed by atoms with Crippen molar-refractivity contribution in [1.29, 1.82) is 0 Å². The molecule has 0 radical (unpaired) electrons. The van der Waals surface area contributed by atoms with E-state index in [0.29, 0.717) is 19.3 Å². The van der Waals surface area contributed by atoms with E-state index < -0.39 is 11.2 Å². The number of fused-ring (bicyclic) bond motifs is 2. The monoisotopic (exact) mass is 359 g/mol. The fraction of sp³-hybridized carbons (Fsp3) is 0.682. The van der Waals surface area contributed by atoms with E-state index >= 15 is 0 Å². The van der Waals surface area contributed by atoms with Crippen LogP contribution in [-0.4, -0.2) is 39.4 Å². The van der Waals surface area contributed by atoms with Gasteiger partial charge in [-0.3, -0.25) is 0 Å². The molecular formula is C22H33NO3. The summed E-state index contributed by atoms with van der Waals surface area (Å²) in [7, 11) is 0. The summed E-state index contributed by atoms with van der Waals surface area (Å²) >= 11 is 0. The summed E-state index contributed by atoms with van der Waals surface area (Å²) in [6.07, 6.45) is 4.73. The number of piperidine rings is 2. The Morgan fingerprint density at radius 2 is 1.85 bits per heavy atom. The largest absolute Gasteiger partial charge is 0.444 e. The highest BCUT2D eigenvalue weighted by molar-refractivity contribution is 5.69. The number of aryl methyl sites for hydroxylation is 1. The van der Waals surface area contributed by atoms with Crippen LogP contribution in [0.1, 0.15) is 69.6 Å². The molecule has 3 rings (SSSR count). The molecule has 2 bridgehead atoms. The highest BCUT2D eigenvalue weighted by Gasteiger charge is 2.48. The van der Waals surface area contributed by atoms with E-state index in [1.807, 2.05) is 25.7 Å². The summed E-state index contributed by atoms with van der Waals surface area (Å²) in [5.74, 6) is 0. The molecule has 2 unspecified atom stereocenters. The minimum atomic E-state index is -0.743. The summed E-state index contributed by atoms with van der Waals surface area (Å²) in [5, 5.41) is 11.4. The number of aliphatic hydroxyl groups is 1. The SMILES string of the molecule is Cc1cccc(CC2(O)CC3CCCC(C2)N3C(=O)OC(C)(C)C)c1C. The lowest BCUT2D eigenvalue weighted by Crippen LogP contribution is -2.61. The van der Waals surface area contributed by atoms with Crippen LogP contribution in [0.2, 0.25) is 0 Å². The molecule has 0 aromatic heterocycles. The second kappa shape index (κ2) is 6.88. The smallest absolute Gasteiger partial charge is 0.410 e. The molecule has 1 aromatic rings. The molecule has 0 spiro atoms. The maximum Gasteiger partial charge on any atom is 0.410 e. The molecule has 1 aromatic carbocycles. The predicted molar refractivity (Wildman–Crippen MR) is 103 cm³/mol. The second-order valence-electron chi connectivity index (χ2n) is 9.29. The molecule has 1 amide bonds. The molecule has 1 N–H and O–H groups in total. The molecule has 4 nitrogen and oxygen atoms in total. The number of carbonyl (C=O) groups excluding carboxylic acids is 1. The minimum absolute atomic E-state index is 0.0764. The third kappa shape index (κ3) is 4.06. The van der Waals surface area contributed by atoms with E-state index in [2.05, 4.69) is 32.0 Å². The first-order valence-corrected chi connectivity index (χ1v) is 9.87. The molecule has 2 heterocycles. The predicted octanol–water partition coefficient (Wildman–Crippen LogP) is 4.53. The minimum Gasteiger partial charge on any atom is -0.444 e. The van der Waals surface area contributed by atoms with Crippen molar-refractivity contribution in [2.45, 2.75) is 96.4 Å². The Kier molecular flexibility index (Phi) is 5.08. The van der Waals surface area contributed by atoms with Gasteiger partial charge in [-0.2, -0.15) is 0 Å². The van der Waals surface area contributed by atoms with Gasteiger partial charge in [0.05, 0.1) is 5.60 Å². The number of nitrogens with zero attached hydrogens (tertiary/aromatic N) is 1. The van der Waals surface area contributed by atoms with Crippen LogP contribution in [0.25, 0.3) is 0 Å². The van der Waals surface area contributed by atoms with Crippen LogP contribution in [0.5, 0.6) is 0 Å². The number of benzene rings is 1. The number of carbonyl (C=O) groups is 1. The summed E-state index contributed by atoms with van der Waals surface area (Å²) in [5.41, 5.74) is 2.51. The van der Waals surface area contributed by atoms with E-state index in [0.717, 1.165) is 19.3 Å². The maximum atomic E-state index is 12.7. The molecule has 144 valence electrons. The van der Waals surface area contributed by atoms with Crippen LogP contribution in [0.15, 0.2) is 18.2 Å². The third-order valence-corrected chi connectivity index (χ3v) is 5.93. The van der Waals surface area contributed by atoms with Crippen molar-refractivity contribution in [2.75, 3.05) is 0 Å². The van der Waals surface area contributed by atoms with Gasteiger partial charge in [0, 0.05) is 18.5 Å². The van der Waals surface area contributed by atoms with Crippen molar-refractivity contribution < 1.29 is 14.6 Å². The maximum absolute atomic E-state index is 12.7. The van der Waals surface area contributed by atoms with Crippen molar-refractivity contribution >= 4 is 6.09 Å². The molecule has 2 saturated heterocycles. The van der Waals surface area contributed by atoms with E-state index in [1.54, 1.807) is 0 Å². The first-order chi connectivity index (χ1) is 12.1. The Morgan fingerprint density at radius 3 is 2.42 bits per heavy atom. The summed E-state index contributed by atoms with van der Waals surface area (Å²) in [6, 6.07) is 6.46. The van der Waals surface area contributed by atoms with Crippen LogP contribution < -0.4 is 0 Å². The van der Waals surface area contributed by atoms with E-state index in [-0.39, 0.29) is 18.2 Å². The lowest BCUT2D eigenvalue weighted by atomic mass is 9.73. The van der Waals surface area contributed by atoms with Crippen LogP contribution >= 0.6 is 0 Å². The van der Waals surface area contributed by atoms with Crippen LogP contribution in [0.3, 0.4) is 0 Å². The number of hydrogen-bond acceptors (Lipinski definition) is 3. The molecular weight excluding hydrogens is 326 g/mol. The second-order valence-corrected chi connectivity index (χ2v) is 9.29. The normalized spacial score (nSPS) is 28.8. The summed E-state index contributed by atoms with van der Waals surface area (Å²) in [4.78, 5) is 14.6. The average molecular weight is 360 g/mol.